The second kappa shape index (κ2) is 6.82. The van der Waals surface area contributed by atoms with Gasteiger partial charge in [-0.2, -0.15) is 0 Å². The van der Waals surface area contributed by atoms with Crippen LogP contribution >= 0.6 is 0 Å². The van der Waals surface area contributed by atoms with E-state index in [9.17, 15) is 14.7 Å². The number of hydrogen-bond donors (Lipinski definition) is 1. The van der Waals surface area contributed by atoms with E-state index in [4.69, 9.17) is 0 Å². The van der Waals surface area contributed by atoms with Gasteiger partial charge in [0.05, 0.1) is 12.7 Å². The first-order valence-electron chi connectivity index (χ1n) is 8.02. The molecule has 2 aromatic rings. The van der Waals surface area contributed by atoms with Crippen molar-refractivity contribution in [3.63, 3.8) is 0 Å². The Morgan fingerprint density at radius 1 is 1.29 bits per heavy atom. The van der Waals surface area contributed by atoms with Gasteiger partial charge in [-0.05, 0) is 24.3 Å². The summed E-state index contributed by atoms with van der Waals surface area (Å²) < 4.78 is 1.59. The van der Waals surface area contributed by atoms with Crippen LogP contribution in [0.25, 0.3) is 0 Å². The van der Waals surface area contributed by atoms with Crippen LogP contribution < -0.4 is 0 Å². The van der Waals surface area contributed by atoms with Crippen molar-refractivity contribution in [2.45, 2.75) is 32.4 Å². The summed E-state index contributed by atoms with van der Waals surface area (Å²) in [4.78, 5) is 25.5. The Hall–Kier alpha value is -2.70. The van der Waals surface area contributed by atoms with Gasteiger partial charge < -0.3 is 10.0 Å². The van der Waals surface area contributed by atoms with Gasteiger partial charge in [-0.1, -0.05) is 42.5 Å². The fraction of sp³-hybridized carbons (Fsp3) is 0.412. The number of amides is 1. The van der Waals surface area contributed by atoms with Crippen LogP contribution in [0.3, 0.4) is 0 Å². The molecule has 0 aliphatic carbocycles. The SMILES string of the molecule is CC1CCN(C(=O)c2cn(Cc3ccccc3)nn2)C(C(=O)O)C1. The first-order chi connectivity index (χ1) is 11.5. The van der Waals surface area contributed by atoms with Crippen LogP contribution in [0.2, 0.25) is 0 Å². The van der Waals surface area contributed by atoms with E-state index in [1.54, 1.807) is 10.9 Å². The Morgan fingerprint density at radius 2 is 2.04 bits per heavy atom. The summed E-state index contributed by atoms with van der Waals surface area (Å²) in [6, 6.07) is 8.95. The molecule has 1 fully saturated rings. The van der Waals surface area contributed by atoms with Crippen LogP contribution in [0.15, 0.2) is 36.5 Å². The number of hydrogen-bond acceptors (Lipinski definition) is 4. The van der Waals surface area contributed by atoms with Crippen molar-refractivity contribution in [3.8, 4) is 0 Å². The molecule has 0 bridgehead atoms. The van der Waals surface area contributed by atoms with E-state index in [0.717, 1.165) is 12.0 Å². The van der Waals surface area contributed by atoms with Crippen molar-refractivity contribution in [1.29, 1.82) is 0 Å². The highest BCUT2D eigenvalue weighted by molar-refractivity contribution is 5.94. The normalized spacial score (nSPS) is 20.8. The summed E-state index contributed by atoms with van der Waals surface area (Å²) in [5.41, 5.74) is 1.24. The van der Waals surface area contributed by atoms with E-state index < -0.39 is 12.0 Å². The molecule has 1 aromatic carbocycles. The smallest absolute Gasteiger partial charge is 0.326 e. The van der Waals surface area contributed by atoms with E-state index in [1.807, 2.05) is 37.3 Å². The quantitative estimate of drug-likeness (QED) is 0.922. The number of carbonyl (C=O) groups is 2. The topological polar surface area (TPSA) is 88.3 Å². The second-order valence-electron chi connectivity index (χ2n) is 6.27. The number of carboxylic acid groups (broad SMARTS) is 1. The summed E-state index contributed by atoms with van der Waals surface area (Å²) in [6.07, 6.45) is 2.85. The van der Waals surface area contributed by atoms with Crippen molar-refractivity contribution in [2.24, 2.45) is 5.92 Å². The zero-order valence-corrected chi connectivity index (χ0v) is 13.5. The molecule has 2 atom stereocenters. The van der Waals surface area contributed by atoms with E-state index in [0.29, 0.717) is 25.4 Å². The minimum atomic E-state index is -0.966. The van der Waals surface area contributed by atoms with Gasteiger partial charge in [-0.25, -0.2) is 9.48 Å². The Bertz CT molecular complexity index is 728. The van der Waals surface area contributed by atoms with Crippen molar-refractivity contribution in [2.75, 3.05) is 6.54 Å². The van der Waals surface area contributed by atoms with Crippen LogP contribution in [0.4, 0.5) is 0 Å². The van der Waals surface area contributed by atoms with Crippen LogP contribution in [0, 0.1) is 5.92 Å². The molecule has 7 heteroatoms. The van der Waals surface area contributed by atoms with Crippen LogP contribution in [0.1, 0.15) is 35.8 Å². The van der Waals surface area contributed by atoms with Gasteiger partial charge in [-0.15, -0.1) is 5.10 Å². The zero-order chi connectivity index (χ0) is 17.1. The minimum absolute atomic E-state index is 0.187. The first kappa shape index (κ1) is 16.2. The summed E-state index contributed by atoms with van der Waals surface area (Å²) >= 11 is 0. The molecule has 0 spiro atoms. The number of carbonyl (C=O) groups excluding carboxylic acids is 1. The highest BCUT2D eigenvalue weighted by atomic mass is 16.4. The molecule has 0 saturated carbocycles. The molecule has 2 heterocycles. The van der Waals surface area contributed by atoms with Crippen LogP contribution in [-0.2, 0) is 11.3 Å². The maximum atomic E-state index is 12.6. The number of likely N-dealkylation sites (tertiary alicyclic amines) is 1. The standard InChI is InChI=1S/C17H20N4O3/c1-12-7-8-21(15(9-12)17(23)24)16(22)14-11-20(19-18-14)10-13-5-3-2-4-6-13/h2-6,11-12,15H,7-10H2,1H3,(H,23,24). The number of nitrogens with zero attached hydrogens (tertiary/aromatic N) is 4. The minimum Gasteiger partial charge on any atom is -0.480 e. The molecular weight excluding hydrogens is 308 g/mol. The Balaban J connectivity index is 1.74. The number of piperidine rings is 1. The van der Waals surface area contributed by atoms with Gasteiger partial charge in [0.2, 0.25) is 0 Å². The monoisotopic (exact) mass is 328 g/mol. The molecule has 2 unspecified atom stereocenters. The Labute approximate surface area is 139 Å². The van der Waals surface area contributed by atoms with Gasteiger partial charge in [0.1, 0.15) is 6.04 Å². The molecule has 1 saturated heterocycles. The maximum absolute atomic E-state index is 12.6. The third kappa shape index (κ3) is 3.45. The van der Waals surface area contributed by atoms with Gasteiger partial charge in [0.25, 0.3) is 5.91 Å². The lowest BCUT2D eigenvalue weighted by atomic mass is 9.92. The number of benzene rings is 1. The highest BCUT2D eigenvalue weighted by Crippen LogP contribution is 2.24. The van der Waals surface area contributed by atoms with Crippen molar-refractivity contribution in [3.05, 3.63) is 47.8 Å². The molecule has 1 aromatic heterocycles. The molecule has 1 N–H and O–H groups in total. The molecule has 1 amide bonds. The molecule has 0 radical (unpaired) electrons. The van der Waals surface area contributed by atoms with E-state index >= 15 is 0 Å². The fourth-order valence-electron chi connectivity index (χ4n) is 3.01. The van der Waals surface area contributed by atoms with E-state index in [1.165, 1.54) is 4.90 Å². The predicted molar refractivity (Wildman–Crippen MR) is 86.4 cm³/mol. The molecule has 1 aliphatic heterocycles. The molecule has 24 heavy (non-hydrogen) atoms. The maximum Gasteiger partial charge on any atom is 0.326 e. The third-order valence-corrected chi connectivity index (χ3v) is 4.36. The molecule has 3 rings (SSSR count). The molecule has 126 valence electrons. The average molecular weight is 328 g/mol. The van der Waals surface area contributed by atoms with Crippen molar-refractivity contribution in [1.82, 2.24) is 19.9 Å². The molecule has 1 aliphatic rings. The van der Waals surface area contributed by atoms with E-state index in [-0.39, 0.29) is 11.6 Å². The molecule has 7 nitrogen and oxygen atoms in total. The van der Waals surface area contributed by atoms with Crippen molar-refractivity contribution < 1.29 is 14.7 Å². The number of aromatic nitrogens is 3. The summed E-state index contributed by atoms with van der Waals surface area (Å²) in [6.45, 7) is 2.96. The van der Waals surface area contributed by atoms with Gasteiger partial charge >= 0.3 is 5.97 Å². The lowest BCUT2D eigenvalue weighted by molar-refractivity contribution is -0.144. The highest BCUT2D eigenvalue weighted by Gasteiger charge is 2.36. The molecular formula is C17H20N4O3. The second-order valence-corrected chi connectivity index (χ2v) is 6.27. The lowest BCUT2D eigenvalue weighted by Gasteiger charge is -2.35. The van der Waals surface area contributed by atoms with Gasteiger partial charge in [-0.3, -0.25) is 4.79 Å². The third-order valence-electron chi connectivity index (χ3n) is 4.36. The summed E-state index contributed by atoms with van der Waals surface area (Å²) in [5.74, 6) is -1.04. The van der Waals surface area contributed by atoms with Gasteiger partial charge in [0, 0.05) is 6.54 Å². The first-order valence-corrected chi connectivity index (χ1v) is 8.02. The number of rotatable bonds is 4. The van der Waals surface area contributed by atoms with Crippen molar-refractivity contribution >= 4 is 11.9 Å². The predicted octanol–water partition coefficient (Wildman–Crippen LogP) is 1.65. The Morgan fingerprint density at radius 3 is 2.75 bits per heavy atom. The van der Waals surface area contributed by atoms with Crippen LogP contribution in [-0.4, -0.2) is 49.5 Å². The van der Waals surface area contributed by atoms with Crippen LogP contribution in [0.5, 0.6) is 0 Å². The fourth-order valence-corrected chi connectivity index (χ4v) is 3.01. The largest absolute Gasteiger partial charge is 0.480 e. The number of aliphatic carboxylic acids is 1. The van der Waals surface area contributed by atoms with E-state index in [2.05, 4.69) is 10.3 Å². The summed E-state index contributed by atoms with van der Waals surface area (Å²) in [7, 11) is 0. The lowest BCUT2D eigenvalue weighted by Crippen LogP contribution is -2.49. The summed E-state index contributed by atoms with van der Waals surface area (Å²) in [5, 5.41) is 17.3. The zero-order valence-electron chi connectivity index (χ0n) is 13.5. The Kier molecular flexibility index (Phi) is 4.59. The number of carboxylic acids is 1. The van der Waals surface area contributed by atoms with Gasteiger partial charge in [0.15, 0.2) is 5.69 Å². The average Bonchev–Trinajstić information content (AvgIpc) is 3.03.